The van der Waals surface area contributed by atoms with Crippen LogP contribution in [-0.4, -0.2) is 31.6 Å². The molecule has 1 aromatic rings. The minimum atomic E-state index is -0.347. The molecule has 112 valence electrons. The van der Waals surface area contributed by atoms with E-state index in [2.05, 4.69) is 5.32 Å². The van der Waals surface area contributed by atoms with Gasteiger partial charge in [-0.2, -0.15) is 0 Å². The van der Waals surface area contributed by atoms with E-state index in [1.807, 2.05) is 59.0 Å². The Morgan fingerprint density at radius 1 is 1.10 bits per heavy atom. The van der Waals surface area contributed by atoms with Crippen molar-refractivity contribution in [2.75, 3.05) is 7.05 Å². The SMILES string of the molecule is CN/C=C(\C=N)c1ccc(B2OC(C)(C)C(C)(C)O2)cc1. The van der Waals surface area contributed by atoms with E-state index < -0.39 is 0 Å². The fraction of sp³-hybridized carbons (Fsp3) is 0.438. The summed E-state index contributed by atoms with van der Waals surface area (Å²) in [5, 5.41) is 10.4. The Kier molecular flexibility index (Phi) is 4.26. The maximum absolute atomic E-state index is 7.44. The van der Waals surface area contributed by atoms with Gasteiger partial charge in [-0.1, -0.05) is 24.3 Å². The number of hydrogen-bond acceptors (Lipinski definition) is 4. The van der Waals surface area contributed by atoms with E-state index in [0.29, 0.717) is 0 Å². The molecule has 0 unspecified atom stereocenters. The van der Waals surface area contributed by atoms with Crippen molar-refractivity contribution in [3.8, 4) is 0 Å². The summed E-state index contributed by atoms with van der Waals surface area (Å²) in [7, 11) is 1.48. The second-order valence-corrected chi connectivity index (χ2v) is 6.24. The third-order valence-corrected chi connectivity index (χ3v) is 4.22. The highest BCUT2D eigenvalue weighted by molar-refractivity contribution is 6.62. The fourth-order valence-corrected chi connectivity index (χ4v) is 2.18. The highest BCUT2D eigenvalue weighted by atomic mass is 16.7. The van der Waals surface area contributed by atoms with Crippen molar-refractivity contribution in [1.29, 1.82) is 5.41 Å². The Morgan fingerprint density at radius 3 is 2.05 bits per heavy atom. The number of hydrogen-bond donors (Lipinski definition) is 2. The molecule has 0 spiro atoms. The van der Waals surface area contributed by atoms with Crippen molar-refractivity contribution in [2.45, 2.75) is 38.9 Å². The number of allylic oxidation sites excluding steroid dienone is 1. The molecule has 5 heteroatoms. The average molecular weight is 286 g/mol. The lowest BCUT2D eigenvalue weighted by Crippen LogP contribution is -2.41. The molecule has 21 heavy (non-hydrogen) atoms. The first-order chi connectivity index (χ1) is 9.80. The summed E-state index contributed by atoms with van der Waals surface area (Å²) in [5.74, 6) is 0. The quantitative estimate of drug-likeness (QED) is 0.659. The molecule has 0 atom stereocenters. The van der Waals surface area contributed by atoms with Crippen LogP contribution < -0.4 is 10.8 Å². The lowest BCUT2D eigenvalue weighted by atomic mass is 9.78. The van der Waals surface area contributed by atoms with Crippen LogP contribution in [0.4, 0.5) is 0 Å². The Morgan fingerprint density at radius 2 is 1.62 bits per heavy atom. The monoisotopic (exact) mass is 286 g/mol. The zero-order chi connectivity index (χ0) is 15.7. The molecular formula is C16H23BN2O2. The smallest absolute Gasteiger partial charge is 0.399 e. The minimum Gasteiger partial charge on any atom is -0.399 e. The molecule has 4 nitrogen and oxygen atoms in total. The molecule has 1 saturated heterocycles. The zero-order valence-corrected chi connectivity index (χ0v) is 13.4. The first kappa shape index (κ1) is 15.8. The van der Waals surface area contributed by atoms with Crippen LogP contribution in [0.15, 0.2) is 30.5 Å². The molecule has 0 amide bonds. The van der Waals surface area contributed by atoms with E-state index in [0.717, 1.165) is 16.6 Å². The van der Waals surface area contributed by atoms with Gasteiger partial charge in [0.15, 0.2) is 0 Å². The van der Waals surface area contributed by atoms with Crippen molar-refractivity contribution in [3.05, 3.63) is 36.0 Å². The third kappa shape index (κ3) is 3.04. The summed E-state index contributed by atoms with van der Waals surface area (Å²) in [6.45, 7) is 8.18. The van der Waals surface area contributed by atoms with Gasteiger partial charge in [0.25, 0.3) is 0 Å². The molecule has 1 aliphatic heterocycles. The van der Waals surface area contributed by atoms with Crippen molar-refractivity contribution >= 4 is 24.4 Å². The van der Waals surface area contributed by atoms with Crippen molar-refractivity contribution in [3.63, 3.8) is 0 Å². The maximum Gasteiger partial charge on any atom is 0.494 e. The van der Waals surface area contributed by atoms with Crippen LogP contribution in [0.25, 0.3) is 5.57 Å². The molecule has 0 radical (unpaired) electrons. The van der Waals surface area contributed by atoms with E-state index in [1.165, 1.54) is 6.21 Å². The predicted octanol–water partition coefficient (Wildman–Crippen LogP) is 2.20. The average Bonchev–Trinajstić information content (AvgIpc) is 2.65. The highest BCUT2D eigenvalue weighted by Crippen LogP contribution is 2.36. The van der Waals surface area contributed by atoms with Crippen LogP contribution in [0.3, 0.4) is 0 Å². The van der Waals surface area contributed by atoms with Gasteiger partial charge in [-0.05, 0) is 38.7 Å². The standard InChI is InChI=1S/C16H23BN2O2/c1-15(2)16(3,4)21-17(20-15)14-8-6-12(7-9-14)13(10-18)11-19-5/h6-11,18-19H,1-5H3/b13-11+,18-10?. The van der Waals surface area contributed by atoms with Crippen molar-refractivity contribution in [1.82, 2.24) is 5.32 Å². The molecule has 1 heterocycles. The number of benzene rings is 1. The third-order valence-electron chi connectivity index (χ3n) is 4.22. The van der Waals surface area contributed by atoms with Gasteiger partial charge in [-0.25, -0.2) is 0 Å². The van der Waals surface area contributed by atoms with Crippen LogP contribution in [-0.2, 0) is 9.31 Å². The van der Waals surface area contributed by atoms with E-state index in [4.69, 9.17) is 14.7 Å². The van der Waals surface area contributed by atoms with E-state index >= 15 is 0 Å². The number of nitrogens with one attached hydrogen (secondary N) is 2. The van der Waals surface area contributed by atoms with Crippen molar-refractivity contribution < 1.29 is 9.31 Å². The van der Waals surface area contributed by atoms with Crippen LogP contribution in [0, 0.1) is 5.41 Å². The lowest BCUT2D eigenvalue weighted by Gasteiger charge is -2.32. The van der Waals surface area contributed by atoms with Gasteiger partial charge < -0.3 is 20.0 Å². The Bertz CT molecular complexity index is 534. The lowest BCUT2D eigenvalue weighted by molar-refractivity contribution is 0.00578. The molecule has 1 aliphatic rings. The van der Waals surface area contributed by atoms with Gasteiger partial charge in [0.05, 0.1) is 11.2 Å². The number of rotatable bonds is 4. The van der Waals surface area contributed by atoms with Crippen LogP contribution in [0.5, 0.6) is 0 Å². The van der Waals surface area contributed by atoms with Gasteiger partial charge >= 0.3 is 7.12 Å². The van der Waals surface area contributed by atoms with Gasteiger partial charge in [0.1, 0.15) is 0 Å². The molecular weight excluding hydrogens is 263 g/mol. The Balaban J connectivity index is 2.21. The van der Waals surface area contributed by atoms with Gasteiger partial charge in [-0.3, -0.25) is 0 Å². The molecule has 1 aromatic carbocycles. The van der Waals surface area contributed by atoms with Crippen molar-refractivity contribution in [2.24, 2.45) is 0 Å². The largest absolute Gasteiger partial charge is 0.494 e. The normalized spacial score (nSPS) is 20.4. The summed E-state index contributed by atoms with van der Waals surface area (Å²) in [4.78, 5) is 0. The van der Waals surface area contributed by atoms with Gasteiger partial charge in [0.2, 0.25) is 0 Å². The molecule has 0 aliphatic carbocycles. The van der Waals surface area contributed by atoms with Crippen LogP contribution in [0.1, 0.15) is 33.3 Å². The summed E-state index contributed by atoms with van der Waals surface area (Å²) >= 11 is 0. The van der Waals surface area contributed by atoms with Gasteiger partial charge in [0, 0.05) is 25.0 Å². The molecule has 0 saturated carbocycles. The second-order valence-electron chi connectivity index (χ2n) is 6.24. The molecule has 2 N–H and O–H groups in total. The zero-order valence-electron chi connectivity index (χ0n) is 13.4. The summed E-state index contributed by atoms with van der Waals surface area (Å²) in [6.07, 6.45) is 3.14. The van der Waals surface area contributed by atoms with Crippen LogP contribution in [0.2, 0.25) is 0 Å². The summed E-state index contributed by atoms with van der Waals surface area (Å²) in [5.41, 5.74) is 2.15. The van der Waals surface area contributed by atoms with E-state index in [1.54, 1.807) is 6.20 Å². The summed E-state index contributed by atoms with van der Waals surface area (Å²) < 4.78 is 12.1. The minimum absolute atomic E-state index is 0.331. The van der Waals surface area contributed by atoms with Gasteiger partial charge in [-0.15, -0.1) is 0 Å². The topological polar surface area (TPSA) is 54.3 Å². The first-order valence-corrected chi connectivity index (χ1v) is 7.14. The van der Waals surface area contributed by atoms with E-state index in [9.17, 15) is 0 Å². The Hall–Kier alpha value is -1.59. The van der Waals surface area contributed by atoms with Crippen LogP contribution >= 0.6 is 0 Å². The highest BCUT2D eigenvalue weighted by Gasteiger charge is 2.51. The second kappa shape index (κ2) is 5.66. The predicted molar refractivity (Wildman–Crippen MR) is 88.0 cm³/mol. The fourth-order valence-electron chi connectivity index (χ4n) is 2.18. The first-order valence-electron chi connectivity index (χ1n) is 7.14. The molecule has 2 rings (SSSR count). The molecule has 1 fully saturated rings. The maximum atomic E-state index is 7.44. The Labute approximate surface area is 127 Å². The van der Waals surface area contributed by atoms with E-state index in [-0.39, 0.29) is 18.3 Å². The summed E-state index contributed by atoms with van der Waals surface area (Å²) in [6, 6.07) is 7.94. The molecule has 0 aromatic heterocycles. The molecule has 0 bridgehead atoms.